The van der Waals surface area contributed by atoms with Crippen molar-refractivity contribution in [2.75, 3.05) is 7.05 Å². The van der Waals surface area contributed by atoms with Crippen LogP contribution in [0.1, 0.15) is 52.4 Å². The molecule has 1 rings (SSSR count). The summed E-state index contributed by atoms with van der Waals surface area (Å²) in [5, 5.41) is 3.46. The molecule has 0 aliphatic heterocycles. The Bertz CT molecular complexity index is 184. The van der Waals surface area contributed by atoms with E-state index in [1.807, 2.05) is 0 Å². The van der Waals surface area contributed by atoms with Gasteiger partial charge in [0.25, 0.3) is 0 Å². The highest BCUT2D eigenvalue weighted by atomic mass is 14.9. The highest BCUT2D eigenvalue weighted by Crippen LogP contribution is 2.24. The van der Waals surface area contributed by atoms with Crippen molar-refractivity contribution in [1.82, 2.24) is 5.32 Å². The third kappa shape index (κ3) is 3.45. The first kappa shape index (κ1) is 11.8. The van der Waals surface area contributed by atoms with E-state index in [1.165, 1.54) is 38.5 Å². The van der Waals surface area contributed by atoms with E-state index in [2.05, 4.69) is 32.3 Å². The fourth-order valence-electron chi connectivity index (χ4n) is 2.24. The summed E-state index contributed by atoms with van der Waals surface area (Å²) in [4.78, 5) is 0. The maximum Gasteiger partial charge on any atom is 0.0127 e. The average molecular weight is 195 g/mol. The van der Waals surface area contributed by atoms with Crippen molar-refractivity contribution in [2.45, 2.75) is 58.4 Å². The molecule has 1 nitrogen and oxygen atoms in total. The van der Waals surface area contributed by atoms with Crippen LogP contribution in [0.5, 0.6) is 0 Å². The number of nitrogens with one attached hydrogen (secondary N) is 1. The fraction of sp³-hybridized carbons (Fsp3) is 0.846. The molecule has 0 amide bonds. The van der Waals surface area contributed by atoms with Crippen molar-refractivity contribution in [3.05, 3.63) is 11.6 Å². The molecule has 0 aromatic carbocycles. The summed E-state index contributed by atoms with van der Waals surface area (Å²) in [6, 6.07) is 0.685. The van der Waals surface area contributed by atoms with E-state index >= 15 is 0 Å². The van der Waals surface area contributed by atoms with Crippen LogP contribution in [0.4, 0.5) is 0 Å². The van der Waals surface area contributed by atoms with Crippen molar-refractivity contribution in [3.63, 3.8) is 0 Å². The van der Waals surface area contributed by atoms with Crippen LogP contribution in [0.15, 0.2) is 11.6 Å². The lowest BCUT2D eigenvalue weighted by Crippen LogP contribution is -2.32. The highest BCUT2D eigenvalue weighted by Gasteiger charge is 2.16. The SMILES string of the molecule is CCC(C)C(CC1=CCCCC1)NC. The molecule has 1 aliphatic carbocycles. The summed E-state index contributed by atoms with van der Waals surface area (Å²) < 4.78 is 0. The molecule has 0 bridgehead atoms. The molecule has 0 spiro atoms. The van der Waals surface area contributed by atoms with Gasteiger partial charge in [0, 0.05) is 6.04 Å². The Hall–Kier alpha value is -0.300. The minimum Gasteiger partial charge on any atom is -0.316 e. The third-order valence-corrected chi connectivity index (χ3v) is 3.57. The molecule has 0 fully saturated rings. The standard InChI is InChI=1S/C13H25N/c1-4-11(2)13(14-3)10-12-8-6-5-7-9-12/h8,11,13-14H,4-7,9-10H2,1-3H3. The molecule has 0 heterocycles. The Balaban J connectivity index is 2.42. The zero-order chi connectivity index (χ0) is 10.4. The molecule has 0 aromatic heterocycles. The zero-order valence-electron chi connectivity index (χ0n) is 9.97. The number of hydrogen-bond donors (Lipinski definition) is 1. The monoisotopic (exact) mass is 195 g/mol. The first-order valence-electron chi connectivity index (χ1n) is 6.13. The summed E-state index contributed by atoms with van der Waals surface area (Å²) >= 11 is 0. The van der Waals surface area contributed by atoms with E-state index in [9.17, 15) is 0 Å². The van der Waals surface area contributed by atoms with Crippen molar-refractivity contribution < 1.29 is 0 Å². The molecule has 0 saturated heterocycles. The predicted molar refractivity (Wildman–Crippen MR) is 63.5 cm³/mol. The third-order valence-electron chi connectivity index (χ3n) is 3.57. The maximum atomic E-state index is 3.46. The smallest absolute Gasteiger partial charge is 0.0127 e. The number of allylic oxidation sites excluding steroid dienone is 1. The summed E-state index contributed by atoms with van der Waals surface area (Å²) in [6.07, 6.45) is 10.5. The van der Waals surface area contributed by atoms with E-state index in [0.29, 0.717) is 6.04 Å². The van der Waals surface area contributed by atoms with Gasteiger partial charge in [-0.1, -0.05) is 31.9 Å². The second kappa shape index (κ2) is 6.23. The Labute approximate surface area is 89.0 Å². The summed E-state index contributed by atoms with van der Waals surface area (Å²) in [5.74, 6) is 0.794. The quantitative estimate of drug-likeness (QED) is 0.662. The first-order valence-corrected chi connectivity index (χ1v) is 6.13. The molecule has 1 aliphatic rings. The lowest BCUT2D eigenvalue weighted by Gasteiger charge is -2.25. The van der Waals surface area contributed by atoms with Crippen molar-refractivity contribution in [2.24, 2.45) is 5.92 Å². The van der Waals surface area contributed by atoms with Gasteiger partial charge in [0.05, 0.1) is 0 Å². The summed E-state index contributed by atoms with van der Waals surface area (Å²) in [7, 11) is 2.10. The van der Waals surface area contributed by atoms with Gasteiger partial charge < -0.3 is 5.32 Å². The van der Waals surface area contributed by atoms with Crippen LogP contribution >= 0.6 is 0 Å². The van der Waals surface area contributed by atoms with Crippen LogP contribution in [0.2, 0.25) is 0 Å². The Kier molecular flexibility index (Phi) is 5.24. The highest BCUT2D eigenvalue weighted by molar-refractivity contribution is 5.07. The van der Waals surface area contributed by atoms with Crippen LogP contribution in [0, 0.1) is 5.92 Å². The van der Waals surface area contributed by atoms with Gasteiger partial charge in [-0.2, -0.15) is 0 Å². The molecule has 0 aromatic rings. The molecule has 0 radical (unpaired) electrons. The van der Waals surface area contributed by atoms with Crippen LogP contribution in [0.25, 0.3) is 0 Å². The second-order valence-corrected chi connectivity index (χ2v) is 4.59. The van der Waals surface area contributed by atoms with E-state index in [-0.39, 0.29) is 0 Å². The molecule has 0 saturated carbocycles. The molecule has 82 valence electrons. The Morgan fingerprint density at radius 3 is 2.71 bits per heavy atom. The van der Waals surface area contributed by atoms with E-state index in [1.54, 1.807) is 5.57 Å². The maximum absolute atomic E-state index is 3.46. The molecule has 1 heteroatoms. The van der Waals surface area contributed by atoms with Crippen LogP contribution in [-0.2, 0) is 0 Å². The molecule has 1 N–H and O–H groups in total. The van der Waals surface area contributed by atoms with Crippen LogP contribution in [0.3, 0.4) is 0 Å². The molecular formula is C13H25N. The van der Waals surface area contributed by atoms with Gasteiger partial charge in [-0.3, -0.25) is 0 Å². The topological polar surface area (TPSA) is 12.0 Å². The predicted octanol–water partition coefficient (Wildman–Crippen LogP) is 3.51. The van der Waals surface area contributed by atoms with E-state index in [4.69, 9.17) is 0 Å². The van der Waals surface area contributed by atoms with Gasteiger partial charge in [0.15, 0.2) is 0 Å². The summed E-state index contributed by atoms with van der Waals surface area (Å²) in [5.41, 5.74) is 1.69. The second-order valence-electron chi connectivity index (χ2n) is 4.59. The lowest BCUT2D eigenvalue weighted by molar-refractivity contribution is 0.380. The van der Waals surface area contributed by atoms with Crippen molar-refractivity contribution in [3.8, 4) is 0 Å². The van der Waals surface area contributed by atoms with Gasteiger partial charge >= 0.3 is 0 Å². The van der Waals surface area contributed by atoms with E-state index in [0.717, 1.165) is 5.92 Å². The Morgan fingerprint density at radius 1 is 1.43 bits per heavy atom. The van der Waals surface area contributed by atoms with Crippen LogP contribution < -0.4 is 5.32 Å². The van der Waals surface area contributed by atoms with Gasteiger partial charge in [-0.05, 0) is 45.1 Å². The fourth-order valence-corrected chi connectivity index (χ4v) is 2.24. The molecular weight excluding hydrogens is 170 g/mol. The largest absolute Gasteiger partial charge is 0.316 e. The lowest BCUT2D eigenvalue weighted by atomic mass is 9.88. The average Bonchev–Trinajstić information content (AvgIpc) is 2.26. The van der Waals surface area contributed by atoms with Gasteiger partial charge in [0.1, 0.15) is 0 Å². The summed E-state index contributed by atoms with van der Waals surface area (Å²) in [6.45, 7) is 4.63. The number of rotatable bonds is 5. The minimum atomic E-state index is 0.685. The molecule has 2 atom stereocenters. The molecule has 2 unspecified atom stereocenters. The zero-order valence-corrected chi connectivity index (χ0v) is 9.97. The van der Waals surface area contributed by atoms with Gasteiger partial charge in [0.2, 0.25) is 0 Å². The number of hydrogen-bond acceptors (Lipinski definition) is 1. The van der Waals surface area contributed by atoms with Crippen molar-refractivity contribution >= 4 is 0 Å². The van der Waals surface area contributed by atoms with Gasteiger partial charge in [-0.25, -0.2) is 0 Å². The van der Waals surface area contributed by atoms with E-state index < -0.39 is 0 Å². The molecule has 14 heavy (non-hydrogen) atoms. The normalized spacial score (nSPS) is 21.5. The first-order chi connectivity index (χ1) is 6.77. The minimum absolute atomic E-state index is 0.685. The van der Waals surface area contributed by atoms with Crippen LogP contribution in [-0.4, -0.2) is 13.1 Å². The van der Waals surface area contributed by atoms with Crippen molar-refractivity contribution in [1.29, 1.82) is 0 Å². The van der Waals surface area contributed by atoms with Gasteiger partial charge in [-0.15, -0.1) is 0 Å². The Morgan fingerprint density at radius 2 is 2.21 bits per heavy atom.